The molecule has 0 aliphatic carbocycles. The predicted octanol–water partition coefficient (Wildman–Crippen LogP) is 3.75. The molecule has 1 fully saturated rings. The molecule has 1 aromatic heterocycles. The zero-order valence-corrected chi connectivity index (χ0v) is 15.6. The summed E-state index contributed by atoms with van der Waals surface area (Å²) < 4.78 is 13.4. The van der Waals surface area contributed by atoms with Crippen molar-refractivity contribution in [3.05, 3.63) is 36.2 Å². The third-order valence-corrected chi connectivity index (χ3v) is 5.08. The Morgan fingerprint density at radius 3 is 2.68 bits per heavy atom. The number of imidazole rings is 1. The van der Waals surface area contributed by atoms with Crippen molar-refractivity contribution in [1.82, 2.24) is 14.5 Å². The van der Waals surface area contributed by atoms with Crippen LogP contribution in [0.1, 0.15) is 38.3 Å². The molecule has 2 heterocycles. The smallest absolute Gasteiger partial charge is 0.140 e. The summed E-state index contributed by atoms with van der Waals surface area (Å²) in [6.07, 6.45) is 6.09. The van der Waals surface area contributed by atoms with E-state index in [1.165, 1.54) is 5.56 Å². The summed E-state index contributed by atoms with van der Waals surface area (Å²) in [6, 6.07) is 6.88. The van der Waals surface area contributed by atoms with Crippen LogP contribution in [0.15, 0.2) is 30.6 Å². The summed E-state index contributed by atoms with van der Waals surface area (Å²) in [4.78, 5) is 7.04. The predicted molar refractivity (Wildman–Crippen MR) is 99.9 cm³/mol. The van der Waals surface area contributed by atoms with Gasteiger partial charge in [-0.05, 0) is 44.1 Å². The zero-order valence-electron chi connectivity index (χ0n) is 15.6. The SMILES string of the molecule is CCN(CC)Cc1cc(-c2nccn2C2CCOCC2)ccc1OC. The number of ether oxygens (including phenoxy) is 2. The molecule has 0 spiro atoms. The number of aromatic nitrogens is 2. The van der Waals surface area contributed by atoms with Gasteiger partial charge in [0.05, 0.1) is 7.11 Å². The first kappa shape index (κ1) is 18.0. The summed E-state index contributed by atoms with van der Waals surface area (Å²) in [7, 11) is 1.74. The van der Waals surface area contributed by atoms with E-state index in [2.05, 4.69) is 52.7 Å². The van der Waals surface area contributed by atoms with Gasteiger partial charge in [0, 0.05) is 49.3 Å². The van der Waals surface area contributed by atoms with Crippen molar-refractivity contribution in [2.75, 3.05) is 33.4 Å². The van der Waals surface area contributed by atoms with Crippen LogP contribution >= 0.6 is 0 Å². The molecular weight excluding hydrogens is 314 g/mol. The van der Waals surface area contributed by atoms with E-state index < -0.39 is 0 Å². The molecule has 0 N–H and O–H groups in total. The molecule has 1 aliphatic rings. The lowest BCUT2D eigenvalue weighted by Crippen LogP contribution is -2.22. The normalized spacial score (nSPS) is 15.7. The molecule has 0 saturated carbocycles. The molecule has 136 valence electrons. The minimum absolute atomic E-state index is 0.472. The molecule has 3 rings (SSSR count). The van der Waals surface area contributed by atoms with Crippen LogP contribution in [0.25, 0.3) is 11.4 Å². The van der Waals surface area contributed by atoms with Crippen LogP contribution in [0, 0.1) is 0 Å². The van der Waals surface area contributed by atoms with Gasteiger partial charge in [-0.3, -0.25) is 4.90 Å². The summed E-state index contributed by atoms with van der Waals surface area (Å²) in [5.41, 5.74) is 2.37. The highest BCUT2D eigenvalue weighted by Crippen LogP contribution is 2.30. The van der Waals surface area contributed by atoms with Gasteiger partial charge in [0.25, 0.3) is 0 Å². The van der Waals surface area contributed by atoms with Crippen LogP contribution in [0.4, 0.5) is 0 Å². The van der Waals surface area contributed by atoms with Crippen LogP contribution < -0.4 is 4.74 Å². The van der Waals surface area contributed by atoms with Gasteiger partial charge in [0.1, 0.15) is 11.6 Å². The van der Waals surface area contributed by atoms with E-state index in [0.29, 0.717) is 6.04 Å². The number of hydrogen-bond acceptors (Lipinski definition) is 4. The average Bonchev–Trinajstić information content (AvgIpc) is 3.16. The molecule has 0 atom stereocenters. The van der Waals surface area contributed by atoms with Gasteiger partial charge in [0.15, 0.2) is 0 Å². The lowest BCUT2D eigenvalue weighted by molar-refractivity contribution is 0.0700. The third-order valence-electron chi connectivity index (χ3n) is 5.08. The van der Waals surface area contributed by atoms with Crippen LogP contribution in [0.2, 0.25) is 0 Å². The molecular formula is C20H29N3O2. The van der Waals surface area contributed by atoms with E-state index in [4.69, 9.17) is 9.47 Å². The van der Waals surface area contributed by atoms with Crippen molar-refractivity contribution >= 4 is 0 Å². The lowest BCUT2D eigenvalue weighted by atomic mass is 10.1. The van der Waals surface area contributed by atoms with E-state index in [9.17, 15) is 0 Å². The van der Waals surface area contributed by atoms with Crippen molar-refractivity contribution in [3.63, 3.8) is 0 Å². The van der Waals surface area contributed by atoms with Crippen molar-refractivity contribution < 1.29 is 9.47 Å². The van der Waals surface area contributed by atoms with Crippen LogP contribution in [-0.4, -0.2) is 47.9 Å². The summed E-state index contributed by atoms with van der Waals surface area (Å²) in [6.45, 7) is 8.99. The number of hydrogen-bond donors (Lipinski definition) is 0. The fraction of sp³-hybridized carbons (Fsp3) is 0.550. The molecule has 1 aliphatic heterocycles. The van der Waals surface area contributed by atoms with Gasteiger partial charge in [-0.1, -0.05) is 13.8 Å². The topological polar surface area (TPSA) is 39.5 Å². The average molecular weight is 343 g/mol. The number of methoxy groups -OCH3 is 1. The molecule has 5 nitrogen and oxygen atoms in total. The van der Waals surface area contributed by atoms with Gasteiger partial charge in [-0.2, -0.15) is 0 Å². The standard InChI is InChI=1S/C20H29N3O2/c1-4-22(5-2)15-17-14-16(6-7-19(17)24-3)20-21-10-11-23(20)18-8-12-25-13-9-18/h6-7,10-11,14,18H,4-5,8-9,12-13,15H2,1-3H3. The maximum atomic E-state index is 5.58. The third kappa shape index (κ3) is 4.05. The molecule has 2 aromatic rings. The highest BCUT2D eigenvalue weighted by molar-refractivity contribution is 5.59. The van der Waals surface area contributed by atoms with Gasteiger partial charge in [-0.25, -0.2) is 4.98 Å². The number of nitrogens with zero attached hydrogens (tertiary/aromatic N) is 3. The Morgan fingerprint density at radius 2 is 2.00 bits per heavy atom. The van der Waals surface area contributed by atoms with E-state index in [1.54, 1.807) is 7.11 Å². The van der Waals surface area contributed by atoms with Crippen molar-refractivity contribution in [1.29, 1.82) is 0 Å². The maximum Gasteiger partial charge on any atom is 0.140 e. The second-order valence-electron chi connectivity index (χ2n) is 6.49. The second kappa shape index (κ2) is 8.50. The Kier molecular flexibility index (Phi) is 6.10. The molecule has 25 heavy (non-hydrogen) atoms. The van der Waals surface area contributed by atoms with Crippen molar-refractivity contribution in [2.45, 2.75) is 39.3 Å². The molecule has 1 aromatic carbocycles. The van der Waals surface area contributed by atoms with Gasteiger partial charge in [-0.15, -0.1) is 0 Å². The Hall–Kier alpha value is -1.85. The van der Waals surface area contributed by atoms with E-state index >= 15 is 0 Å². The summed E-state index contributed by atoms with van der Waals surface area (Å²) in [5, 5.41) is 0. The lowest BCUT2D eigenvalue weighted by Gasteiger charge is -2.25. The fourth-order valence-electron chi connectivity index (χ4n) is 3.52. The Morgan fingerprint density at radius 1 is 1.24 bits per heavy atom. The van der Waals surface area contributed by atoms with Gasteiger partial charge < -0.3 is 14.0 Å². The van der Waals surface area contributed by atoms with Gasteiger partial charge >= 0.3 is 0 Å². The van der Waals surface area contributed by atoms with E-state index in [-0.39, 0.29) is 0 Å². The molecule has 0 amide bonds. The first-order chi connectivity index (χ1) is 12.3. The number of rotatable bonds is 7. The van der Waals surface area contributed by atoms with Crippen molar-refractivity contribution in [3.8, 4) is 17.1 Å². The van der Waals surface area contributed by atoms with Crippen molar-refractivity contribution in [2.24, 2.45) is 0 Å². The van der Waals surface area contributed by atoms with E-state index in [1.807, 2.05) is 6.20 Å². The molecule has 5 heteroatoms. The fourth-order valence-corrected chi connectivity index (χ4v) is 3.52. The zero-order chi connectivity index (χ0) is 17.6. The first-order valence-corrected chi connectivity index (χ1v) is 9.27. The highest BCUT2D eigenvalue weighted by Gasteiger charge is 2.19. The highest BCUT2D eigenvalue weighted by atomic mass is 16.5. The van der Waals surface area contributed by atoms with Crippen LogP contribution in [0.3, 0.4) is 0 Å². The number of benzene rings is 1. The molecule has 0 bridgehead atoms. The monoisotopic (exact) mass is 343 g/mol. The Bertz CT molecular complexity index is 673. The first-order valence-electron chi connectivity index (χ1n) is 9.27. The largest absolute Gasteiger partial charge is 0.496 e. The maximum absolute atomic E-state index is 5.58. The molecule has 0 unspecified atom stereocenters. The quantitative estimate of drug-likeness (QED) is 0.767. The van der Waals surface area contributed by atoms with Crippen LogP contribution in [0.5, 0.6) is 5.75 Å². The van der Waals surface area contributed by atoms with E-state index in [0.717, 1.165) is 62.8 Å². The minimum atomic E-state index is 0.472. The molecule has 0 radical (unpaired) electrons. The second-order valence-corrected chi connectivity index (χ2v) is 6.49. The molecule has 1 saturated heterocycles. The Labute approximate surface area is 150 Å². The Balaban J connectivity index is 1.91. The van der Waals surface area contributed by atoms with Crippen LogP contribution in [-0.2, 0) is 11.3 Å². The summed E-state index contributed by atoms with van der Waals surface area (Å²) >= 11 is 0. The van der Waals surface area contributed by atoms with Gasteiger partial charge in [0.2, 0.25) is 0 Å². The minimum Gasteiger partial charge on any atom is -0.496 e. The summed E-state index contributed by atoms with van der Waals surface area (Å²) in [5.74, 6) is 1.98.